The average molecular weight is 316 g/mol. The quantitative estimate of drug-likeness (QED) is 0.862. The van der Waals surface area contributed by atoms with Crippen molar-refractivity contribution in [2.75, 3.05) is 26.7 Å². The molecule has 1 saturated heterocycles. The van der Waals surface area contributed by atoms with Crippen molar-refractivity contribution in [2.45, 2.75) is 31.7 Å². The lowest BCUT2D eigenvalue weighted by Gasteiger charge is -2.37. The molecule has 23 heavy (non-hydrogen) atoms. The van der Waals surface area contributed by atoms with E-state index in [4.69, 9.17) is 8.94 Å². The summed E-state index contributed by atoms with van der Waals surface area (Å²) >= 11 is 0. The largest absolute Gasteiger partial charge is 0.459 e. The zero-order valence-corrected chi connectivity index (χ0v) is 13.4. The molecule has 1 atom stereocenters. The molecule has 1 saturated carbocycles. The minimum absolute atomic E-state index is 0.0667. The van der Waals surface area contributed by atoms with Gasteiger partial charge >= 0.3 is 0 Å². The maximum Gasteiger partial charge on any atom is 0.289 e. The van der Waals surface area contributed by atoms with Gasteiger partial charge in [-0.3, -0.25) is 9.69 Å². The molecule has 4 rings (SSSR count). The molecular weight excluding hydrogens is 296 g/mol. The van der Waals surface area contributed by atoms with Crippen molar-refractivity contribution in [3.8, 4) is 0 Å². The van der Waals surface area contributed by atoms with Crippen LogP contribution in [0.1, 0.15) is 52.6 Å². The van der Waals surface area contributed by atoms with Gasteiger partial charge in [0.15, 0.2) is 11.6 Å². The number of piperazine rings is 1. The van der Waals surface area contributed by atoms with Crippen molar-refractivity contribution in [1.82, 2.24) is 19.9 Å². The second kappa shape index (κ2) is 5.49. The first kappa shape index (κ1) is 14.4. The molecule has 2 aliphatic rings. The highest BCUT2D eigenvalue weighted by molar-refractivity contribution is 5.92. The van der Waals surface area contributed by atoms with Crippen molar-refractivity contribution < 1.29 is 13.7 Å². The summed E-state index contributed by atoms with van der Waals surface area (Å²) in [6, 6.07) is 1.74. The second-order valence-electron chi connectivity index (χ2n) is 6.45. The number of aryl methyl sites for hydroxylation is 1. The maximum atomic E-state index is 12.6. The normalized spacial score (nSPS) is 22.5. The number of rotatable bonds is 3. The van der Waals surface area contributed by atoms with E-state index in [1.165, 1.54) is 0 Å². The van der Waals surface area contributed by atoms with E-state index in [-0.39, 0.29) is 11.9 Å². The van der Waals surface area contributed by atoms with Crippen LogP contribution in [0.25, 0.3) is 0 Å². The molecule has 7 heteroatoms. The predicted octanol–water partition coefficient (Wildman–Crippen LogP) is 1.98. The van der Waals surface area contributed by atoms with Gasteiger partial charge in [0, 0.05) is 31.1 Å². The summed E-state index contributed by atoms with van der Waals surface area (Å²) in [5, 5.41) is 4.09. The number of hydrogen-bond donors (Lipinski definition) is 0. The monoisotopic (exact) mass is 316 g/mol. The van der Waals surface area contributed by atoms with Gasteiger partial charge in [0.1, 0.15) is 6.04 Å². The fraction of sp³-hybridized carbons (Fsp3) is 0.562. The Bertz CT molecular complexity index is 718. The maximum absolute atomic E-state index is 12.6. The Balaban J connectivity index is 1.53. The van der Waals surface area contributed by atoms with Gasteiger partial charge in [0.25, 0.3) is 5.91 Å². The molecule has 0 spiro atoms. The van der Waals surface area contributed by atoms with Crippen LogP contribution in [0, 0.1) is 6.92 Å². The lowest BCUT2D eigenvalue weighted by Crippen LogP contribution is -2.49. The molecule has 0 unspecified atom stereocenters. The molecule has 122 valence electrons. The molecule has 2 fully saturated rings. The topological polar surface area (TPSA) is 75.6 Å². The first-order valence-corrected chi connectivity index (χ1v) is 8.00. The lowest BCUT2D eigenvalue weighted by atomic mass is 10.1. The van der Waals surface area contributed by atoms with Crippen LogP contribution in [0.15, 0.2) is 21.3 Å². The van der Waals surface area contributed by atoms with Gasteiger partial charge in [0.05, 0.1) is 6.26 Å². The standard InChI is InChI=1S/C16H20N4O3/c1-10-5-8-22-13(10)16(21)20-7-6-19(2)12(9-20)15-17-14(18-23-15)11-3-4-11/h5,8,11-12H,3-4,6-7,9H2,1-2H3/t12-/m0/s1. The summed E-state index contributed by atoms with van der Waals surface area (Å²) in [6.45, 7) is 3.83. The number of likely N-dealkylation sites (N-methyl/N-ethyl adjacent to an activating group) is 1. The molecule has 1 aliphatic heterocycles. The summed E-state index contributed by atoms with van der Waals surface area (Å²) in [6.07, 6.45) is 3.83. The van der Waals surface area contributed by atoms with Crippen molar-refractivity contribution in [3.05, 3.63) is 35.4 Å². The molecule has 1 aliphatic carbocycles. The van der Waals surface area contributed by atoms with E-state index in [0.29, 0.717) is 30.7 Å². The number of aromatic nitrogens is 2. The van der Waals surface area contributed by atoms with Gasteiger partial charge in [0.2, 0.25) is 5.89 Å². The number of carbonyl (C=O) groups excluding carboxylic acids is 1. The van der Waals surface area contributed by atoms with Crippen molar-refractivity contribution in [3.63, 3.8) is 0 Å². The van der Waals surface area contributed by atoms with Gasteiger partial charge in [-0.2, -0.15) is 4.98 Å². The molecule has 7 nitrogen and oxygen atoms in total. The predicted molar refractivity (Wildman–Crippen MR) is 81.0 cm³/mol. The fourth-order valence-corrected chi connectivity index (χ4v) is 2.95. The van der Waals surface area contributed by atoms with E-state index in [9.17, 15) is 4.79 Å². The summed E-state index contributed by atoms with van der Waals surface area (Å²) in [5.74, 6) is 2.21. The lowest BCUT2D eigenvalue weighted by molar-refractivity contribution is 0.0461. The van der Waals surface area contributed by atoms with E-state index >= 15 is 0 Å². The van der Waals surface area contributed by atoms with E-state index in [2.05, 4.69) is 15.0 Å². The third-order valence-corrected chi connectivity index (χ3v) is 4.68. The molecule has 0 aromatic carbocycles. The van der Waals surface area contributed by atoms with Crippen LogP contribution in [-0.4, -0.2) is 52.5 Å². The smallest absolute Gasteiger partial charge is 0.289 e. The number of nitrogens with zero attached hydrogens (tertiary/aromatic N) is 4. The van der Waals surface area contributed by atoms with Gasteiger partial charge in [-0.05, 0) is 32.9 Å². The molecule has 2 aromatic rings. The van der Waals surface area contributed by atoms with E-state index in [0.717, 1.165) is 30.8 Å². The SMILES string of the molecule is Cc1ccoc1C(=O)N1CCN(C)[C@H](c2nc(C3CC3)no2)C1. The van der Waals surface area contributed by atoms with Gasteiger partial charge < -0.3 is 13.8 Å². The Hall–Kier alpha value is -2.15. The van der Waals surface area contributed by atoms with Crippen molar-refractivity contribution in [1.29, 1.82) is 0 Å². The third kappa shape index (κ3) is 2.65. The van der Waals surface area contributed by atoms with Crippen LogP contribution in [0.2, 0.25) is 0 Å². The van der Waals surface area contributed by atoms with Crippen molar-refractivity contribution in [2.24, 2.45) is 0 Å². The third-order valence-electron chi connectivity index (χ3n) is 4.68. The summed E-state index contributed by atoms with van der Waals surface area (Å²) in [5.41, 5.74) is 0.860. The van der Waals surface area contributed by atoms with Gasteiger partial charge in [-0.15, -0.1) is 0 Å². The molecule has 0 radical (unpaired) electrons. The summed E-state index contributed by atoms with van der Waals surface area (Å²) in [4.78, 5) is 21.1. The highest BCUT2D eigenvalue weighted by Gasteiger charge is 2.35. The van der Waals surface area contributed by atoms with Crippen molar-refractivity contribution >= 4 is 5.91 Å². The highest BCUT2D eigenvalue weighted by atomic mass is 16.5. The number of carbonyl (C=O) groups is 1. The molecular formula is C16H20N4O3. The van der Waals surface area contributed by atoms with Crippen LogP contribution in [-0.2, 0) is 0 Å². The molecule has 2 aromatic heterocycles. The van der Waals surface area contributed by atoms with Crippen LogP contribution in [0.5, 0.6) is 0 Å². The average Bonchev–Trinajstić information content (AvgIpc) is 3.12. The summed E-state index contributed by atoms with van der Waals surface area (Å²) < 4.78 is 10.8. The number of furan rings is 1. The van der Waals surface area contributed by atoms with E-state index < -0.39 is 0 Å². The van der Waals surface area contributed by atoms with Crippen LogP contribution in [0.3, 0.4) is 0 Å². The Morgan fingerprint density at radius 2 is 2.17 bits per heavy atom. The van der Waals surface area contributed by atoms with Crippen LogP contribution >= 0.6 is 0 Å². The number of hydrogen-bond acceptors (Lipinski definition) is 6. The highest BCUT2D eigenvalue weighted by Crippen LogP contribution is 2.38. The fourth-order valence-electron chi connectivity index (χ4n) is 2.95. The minimum atomic E-state index is -0.0764. The molecule has 0 N–H and O–H groups in total. The van der Waals surface area contributed by atoms with E-state index in [1.807, 2.05) is 14.0 Å². The van der Waals surface area contributed by atoms with Crippen LogP contribution in [0.4, 0.5) is 0 Å². The Labute approximate surface area is 134 Å². The first-order chi connectivity index (χ1) is 11.1. The summed E-state index contributed by atoms with van der Waals surface area (Å²) in [7, 11) is 2.02. The Morgan fingerprint density at radius 3 is 2.87 bits per heavy atom. The van der Waals surface area contributed by atoms with Gasteiger partial charge in [-0.25, -0.2) is 0 Å². The zero-order chi connectivity index (χ0) is 16.0. The molecule has 1 amide bonds. The van der Waals surface area contributed by atoms with Gasteiger partial charge in [-0.1, -0.05) is 5.16 Å². The second-order valence-corrected chi connectivity index (χ2v) is 6.45. The minimum Gasteiger partial charge on any atom is -0.459 e. The first-order valence-electron chi connectivity index (χ1n) is 8.00. The Morgan fingerprint density at radius 1 is 1.35 bits per heavy atom. The zero-order valence-electron chi connectivity index (χ0n) is 13.4. The molecule has 3 heterocycles. The molecule has 0 bridgehead atoms. The number of amides is 1. The van der Waals surface area contributed by atoms with E-state index in [1.54, 1.807) is 17.2 Å². The Kier molecular flexibility index (Phi) is 3.45. The van der Waals surface area contributed by atoms with Crippen LogP contribution < -0.4 is 0 Å².